The number of epoxide rings is 1. The fraction of sp³-hybridized carbons (Fsp3) is 1.00. The van der Waals surface area contributed by atoms with Gasteiger partial charge in [0.2, 0.25) is 0 Å². The number of ether oxygens (including phenoxy) is 2. The summed E-state index contributed by atoms with van der Waals surface area (Å²) in [6.45, 7) is 6.70. The molecule has 1 atom stereocenters. The van der Waals surface area contributed by atoms with Crippen LogP contribution in [-0.2, 0) is 18.3 Å². The first-order valence-corrected chi connectivity index (χ1v) is 8.04. The molecule has 0 aromatic heterocycles. The Balaban J connectivity index is 2.15. The molecule has 1 aliphatic rings. The Morgan fingerprint density at radius 1 is 1.31 bits per heavy atom. The zero-order valence-corrected chi connectivity index (χ0v) is 11.8. The van der Waals surface area contributed by atoms with E-state index in [4.69, 9.17) is 18.3 Å². The third-order valence-corrected chi connectivity index (χ3v) is 7.28. The van der Waals surface area contributed by atoms with Crippen molar-refractivity contribution >= 4 is 8.56 Å². The average molecular weight is 248 g/mol. The largest absolute Gasteiger partial charge is 0.397 e. The molecule has 1 saturated heterocycles. The van der Waals surface area contributed by atoms with Crippen molar-refractivity contribution in [2.24, 2.45) is 0 Å². The summed E-state index contributed by atoms with van der Waals surface area (Å²) in [5, 5.41) is 0. The number of rotatable bonds is 9. The molecule has 4 nitrogen and oxygen atoms in total. The summed E-state index contributed by atoms with van der Waals surface area (Å²) in [6.07, 6.45) is 1.36. The Labute approximate surface area is 99.5 Å². The van der Waals surface area contributed by atoms with E-state index in [0.29, 0.717) is 11.6 Å². The lowest BCUT2D eigenvalue weighted by Gasteiger charge is -2.31. The molecule has 0 amide bonds. The van der Waals surface area contributed by atoms with Crippen LogP contribution in [0.25, 0.3) is 0 Å². The minimum Gasteiger partial charge on any atom is -0.397 e. The zero-order valence-electron chi connectivity index (χ0n) is 10.8. The van der Waals surface area contributed by atoms with E-state index in [2.05, 4.69) is 13.8 Å². The van der Waals surface area contributed by atoms with Crippen molar-refractivity contribution in [2.45, 2.75) is 38.0 Å². The summed E-state index contributed by atoms with van der Waals surface area (Å²) >= 11 is 0. The van der Waals surface area contributed by atoms with Gasteiger partial charge in [0.1, 0.15) is 6.10 Å². The van der Waals surface area contributed by atoms with Gasteiger partial charge < -0.3 is 18.3 Å². The van der Waals surface area contributed by atoms with E-state index in [1.807, 2.05) is 0 Å². The summed E-state index contributed by atoms with van der Waals surface area (Å²) in [7, 11) is 1.52. The molecule has 0 radical (unpaired) electrons. The van der Waals surface area contributed by atoms with E-state index in [0.717, 1.165) is 32.3 Å². The number of hydrogen-bond acceptors (Lipinski definition) is 4. The maximum absolute atomic E-state index is 5.62. The van der Waals surface area contributed by atoms with E-state index in [1.54, 1.807) is 14.2 Å². The molecule has 96 valence electrons. The van der Waals surface area contributed by atoms with Crippen LogP contribution >= 0.6 is 0 Å². The molecule has 1 rings (SSSR count). The lowest BCUT2D eigenvalue weighted by Crippen LogP contribution is -2.43. The van der Waals surface area contributed by atoms with E-state index in [9.17, 15) is 0 Å². The second-order valence-corrected chi connectivity index (χ2v) is 8.60. The predicted molar refractivity (Wildman–Crippen MR) is 64.9 cm³/mol. The molecule has 0 N–H and O–H groups in total. The fourth-order valence-electron chi connectivity index (χ4n) is 1.85. The van der Waals surface area contributed by atoms with Crippen molar-refractivity contribution in [3.8, 4) is 0 Å². The lowest BCUT2D eigenvalue weighted by molar-refractivity contribution is 0.114. The van der Waals surface area contributed by atoms with Gasteiger partial charge in [0.05, 0.1) is 13.2 Å². The highest BCUT2D eigenvalue weighted by atomic mass is 28.4. The van der Waals surface area contributed by atoms with Gasteiger partial charge in [-0.15, -0.1) is 0 Å². The van der Waals surface area contributed by atoms with Crippen LogP contribution in [0.2, 0.25) is 11.6 Å². The smallest absolute Gasteiger partial charge is 0.340 e. The SMILES string of the molecule is CO[Si](CCCOCC1CO1)(OC)C(C)C. The van der Waals surface area contributed by atoms with Crippen molar-refractivity contribution < 1.29 is 18.3 Å². The molecule has 0 aliphatic carbocycles. The van der Waals surface area contributed by atoms with Crippen LogP contribution in [0.5, 0.6) is 0 Å². The van der Waals surface area contributed by atoms with Gasteiger partial charge in [-0.05, 0) is 18.0 Å². The summed E-state index contributed by atoms with van der Waals surface area (Å²) in [5.41, 5.74) is 0.467. The highest BCUT2D eigenvalue weighted by molar-refractivity contribution is 6.68. The predicted octanol–water partition coefficient (Wildman–Crippen LogP) is 1.94. The van der Waals surface area contributed by atoms with Gasteiger partial charge in [-0.1, -0.05) is 13.8 Å². The topological polar surface area (TPSA) is 40.2 Å². The van der Waals surface area contributed by atoms with Gasteiger partial charge in [0.25, 0.3) is 0 Å². The first-order valence-electron chi connectivity index (χ1n) is 5.94. The van der Waals surface area contributed by atoms with Crippen molar-refractivity contribution in [1.29, 1.82) is 0 Å². The van der Waals surface area contributed by atoms with Crippen LogP contribution in [0.15, 0.2) is 0 Å². The molecule has 1 heterocycles. The Kier molecular flexibility index (Phi) is 5.92. The highest BCUT2D eigenvalue weighted by Gasteiger charge is 2.38. The van der Waals surface area contributed by atoms with Crippen molar-refractivity contribution in [3.63, 3.8) is 0 Å². The molecule has 0 spiro atoms. The minimum atomic E-state index is -1.99. The third-order valence-electron chi connectivity index (χ3n) is 3.09. The van der Waals surface area contributed by atoms with Crippen molar-refractivity contribution in [3.05, 3.63) is 0 Å². The van der Waals surface area contributed by atoms with Crippen LogP contribution in [0.1, 0.15) is 20.3 Å². The molecule has 0 aromatic carbocycles. The average Bonchev–Trinajstić information content (AvgIpc) is 3.07. The summed E-state index contributed by atoms with van der Waals surface area (Å²) in [5.74, 6) is 0. The molecule has 1 fully saturated rings. The standard InChI is InChI=1S/C11H24O4Si/c1-10(2)16(12-3,13-4)7-5-6-14-8-11-9-15-11/h10-11H,5-9H2,1-4H3. The van der Waals surface area contributed by atoms with Crippen LogP contribution < -0.4 is 0 Å². The van der Waals surface area contributed by atoms with Crippen LogP contribution in [-0.4, -0.2) is 48.7 Å². The molecule has 0 bridgehead atoms. The van der Waals surface area contributed by atoms with Gasteiger partial charge >= 0.3 is 8.56 Å². The van der Waals surface area contributed by atoms with Gasteiger partial charge in [-0.25, -0.2) is 0 Å². The second-order valence-electron chi connectivity index (χ2n) is 4.51. The number of hydrogen-bond donors (Lipinski definition) is 0. The summed E-state index contributed by atoms with van der Waals surface area (Å²) in [4.78, 5) is 0. The van der Waals surface area contributed by atoms with Gasteiger partial charge in [-0.2, -0.15) is 0 Å². The molecule has 0 aromatic rings. The fourth-order valence-corrected chi connectivity index (χ4v) is 4.58. The Hall–Kier alpha value is 0.0569. The Morgan fingerprint density at radius 2 is 1.94 bits per heavy atom. The Bertz CT molecular complexity index is 190. The van der Waals surface area contributed by atoms with E-state index in [1.165, 1.54) is 0 Å². The molecule has 1 aliphatic heterocycles. The Morgan fingerprint density at radius 3 is 2.38 bits per heavy atom. The zero-order chi connectivity index (χ0) is 12.0. The molecule has 5 heteroatoms. The highest BCUT2D eigenvalue weighted by Crippen LogP contribution is 2.27. The molecule has 0 saturated carbocycles. The maximum atomic E-state index is 5.62. The van der Waals surface area contributed by atoms with E-state index >= 15 is 0 Å². The molecular weight excluding hydrogens is 224 g/mol. The normalized spacial score (nSPS) is 20.4. The molecule has 16 heavy (non-hydrogen) atoms. The van der Waals surface area contributed by atoms with E-state index < -0.39 is 8.56 Å². The van der Waals surface area contributed by atoms with Crippen molar-refractivity contribution in [1.82, 2.24) is 0 Å². The summed E-state index contributed by atoms with van der Waals surface area (Å²) in [6, 6.07) is 0.989. The van der Waals surface area contributed by atoms with Gasteiger partial charge in [0, 0.05) is 20.8 Å². The van der Waals surface area contributed by atoms with Crippen molar-refractivity contribution in [2.75, 3.05) is 34.0 Å². The minimum absolute atomic E-state index is 0.358. The van der Waals surface area contributed by atoms with Crippen LogP contribution in [0.3, 0.4) is 0 Å². The first kappa shape index (κ1) is 14.1. The molecular formula is C11H24O4Si. The third kappa shape index (κ3) is 4.14. The lowest BCUT2D eigenvalue weighted by atomic mass is 10.5. The quantitative estimate of drug-likeness (QED) is 0.355. The van der Waals surface area contributed by atoms with E-state index in [-0.39, 0.29) is 0 Å². The van der Waals surface area contributed by atoms with Crippen LogP contribution in [0, 0.1) is 0 Å². The maximum Gasteiger partial charge on any atom is 0.340 e. The first-order chi connectivity index (χ1) is 7.64. The van der Waals surface area contributed by atoms with Gasteiger partial charge in [0.15, 0.2) is 0 Å². The molecule has 1 unspecified atom stereocenters. The van der Waals surface area contributed by atoms with Crippen LogP contribution in [0.4, 0.5) is 0 Å². The van der Waals surface area contributed by atoms with Gasteiger partial charge in [-0.3, -0.25) is 0 Å². The second kappa shape index (κ2) is 6.71. The monoisotopic (exact) mass is 248 g/mol. The summed E-state index contributed by atoms with van der Waals surface area (Å²) < 4.78 is 21.8.